The lowest BCUT2D eigenvalue weighted by atomic mass is 10.0. The molecule has 6 heteroatoms. The Labute approximate surface area is 123 Å². The molecule has 0 radical (unpaired) electrons. The summed E-state index contributed by atoms with van der Waals surface area (Å²) in [6, 6.07) is 2.47. The zero-order valence-corrected chi connectivity index (χ0v) is 12.4. The zero-order chi connectivity index (χ0) is 14.0. The molecule has 2 aliphatic rings. The normalized spacial score (nSPS) is 27.1. The number of hydrogen-bond acceptors (Lipinski definition) is 4. The van der Waals surface area contributed by atoms with Crippen molar-refractivity contribution in [3.8, 4) is 0 Å². The van der Waals surface area contributed by atoms with Crippen LogP contribution in [0.5, 0.6) is 0 Å². The van der Waals surface area contributed by atoms with Crippen LogP contribution < -0.4 is 5.32 Å². The topological polar surface area (TPSA) is 67.2 Å². The number of carbonyl (C=O) groups is 1. The maximum atomic E-state index is 12.0. The quantitative estimate of drug-likeness (QED) is 0.883. The van der Waals surface area contributed by atoms with Crippen molar-refractivity contribution in [2.24, 2.45) is 0 Å². The number of thioether (sulfide) groups is 1. The average molecular weight is 295 g/mol. The average Bonchev–Trinajstić information content (AvgIpc) is 3.17. The van der Waals surface area contributed by atoms with Crippen LogP contribution >= 0.6 is 11.8 Å². The molecule has 1 saturated heterocycles. The van der Waals surface area contributed by atoms with Crippen molar-refractivity contribution in [3.05, 3.63) is 18.0 Å². The van der Waals surface area contributed by atoms with Crippen molar-refractivity contribution in [1.29, 1.82) is 0 Å². The van der Waals surface area contributed by atoms with Crippen molar-refractivity contribution >= 4 is 17.7 Å². The molecule has 2 N–H and O–H groups in total. The van der Waals surface area contributed by atoms with Gasteiger partial charge >= 0.3 is 0 Å². The fourth-order valence-electron chi connectivity index (χ4n) is 2.91. The van der Waals surface area contributed by atoms with E-state index in [4.69, 9.17) is 0 Å². The second-order valence-electron chi connectivity index (χ2n) is 5.74. The fourth-order valence-corrected chi connectivity index (χ4v) is 4.15. The molecule has 1 aliphatic heterocycles. The van der Waals surface area contributed by atoms with Gasteiger partial charge in [-0.1, -0.05) is 12.8 Å². The first kappa shape index (κ1) is 13.9. The van der Waals surface area contributed by atoms with Crippen LogP contribution in [-0.2, 0) is 11.3 Å². The Bertz CT molecular complexity index is 477. The zero-order valence-electron chi connectivity index (χ0n) is 11.5. The summed E-state index contributed by atoms with van der Waals surface area (Å²) in [5.74, 6) is 1.08. The minimum absolute atomic E-state index is 0.266. The third-order valence-corrected chi connectivity index (χ3v) is 5.39. The lowest BCUT2D eigenvalue weighted by molar-refractivity contribution is -0.137. The van der Waals surface area contributed by atoms with Gasteiger partial charge in [0.2, 0.25) is 0 Å². The first-order chi connectivity index (χ1) is 9.67. The van der Waals surface area contributed by atoms with Gasteiger partial charge in [-0.25, -0.2) is 0 Å². The molecule has 0 bridgehead atoms. The molecule has 20 heavy (non-hydrogen) atoms. The van der Waals surface area contributed by atoms with Crippen LogP contribution in [0, 0.1) is 0 Å². The van der Waals surface area contributed by atoms with E-state index in [9.17, 15) is 9.90 Å². The van der Waals surface area contributed by atoms with Crippen LogP contribution in [0.25, 0.3) is 0 Å². The van der Waals surface area contributed by atoms with E-state index in [0.717, 1.165) is 11.4 Å². The van der Waals surface area contributed by atoms with Crippen LogP contribution in [0.2, 0.25) is 0 Å². The molecule has 1 amide bonds. The maximum absolute atomic E-state index is 12.0. The van der Waals surface area contributed by atoms with Gasteiger partial charge in [0.25, 0.3) is 5.91 Å². The molecule has 2 heterocycles. The summed E-state index contributed by atoms with van der Waals surface area (Å²) in [6.07, 6.45) is 7.50. The number of aliphatic hydroxyl groups is 1. The molecule has 5 nitrogen and oxygen atoms in total. The predicted octanol–water partition coefficient (Wildman–Crippen LogP) is 1.48. The van der Waals surface area contributed by atoms with E-state index in [1.807, 2.05) is 16.9 Å². The van der Waals surface area contributed by atoms with Gasteiger partial charge < -0.3 is 10.4 Å². The van der Waals surface area contributed by atoms with E-state index in [2.05, 4.69) is 10.4 Å². The standard InChI is InChI=1S/C14H21N3O2S/c18-13(14(19)6-8-20-10-14)15-9-11-5-7-17(16-11)12-3-1-2-4-12/h5,7,12,19H,1-4,6,8-10H2,(H,15,18). The van der Waals surface area contributed by atoms with Crippen LogP contribution in [-0.4, -0.2) is 37.9 Å². The Hall–Kier alpha value is -1.01. The van der Waals surface area contributed by atoms with Crippen molar-refractivity contribution in [3.63, 3.8) is 0 Å². The third kappa shape index (κ3) is 2.86. The predicted molar refractivity (Wildman–Crippen MR) is 78.5 cm³/mol. The Morgan fingerprint density at radius 1 is 1.55 bits per heavy atom. The van der Waals surface area contributed by atoms with Gasteiger partial charge in [0, 0.05) is 11.9 Å². The molecular formula is C14H21N3O2S. The van der Waals surface area contributed by atoms with Gasteiger partial charge in [-0.3, -0.25) is 9.48 Å². The molecule has 1 atom stereocenters. The van der Waals surface area contributed by atoms with E-state index in [1.54, 1.807) is 11.8 Å². The highest BCUT2D eigenvalue weighted by Gasteiger charge is 2.39. The molecule has 0 aromatic carbocycles. The van der Waals surface area contributed by atoms with Gasteiger partial charge in [-0.15, -0.1) is 0 Å². The molecule has 1 saturated carbocycles. The number of nitrogens with zero attached hydrogens (tertiary/aromatic N) is 2. The highest BCUT2D eigenvalue weighted by atomic mass is 32.2. The fraction of sp³-hybridized carbons (Fsp3) is 0.714. The van der Waals surface area contributed by atoms with Gasteiger partial charge in [0.05, 0.1) is 18.3 Å². The molecule has 110 valence electrons. The molecule has 3 rings (SSSR count). The molecular weight excluding hydrogens is 274 g/mol. The van der Waals surface area contributed by atoms with Crippen molar-refractivity contribution in [1.82, 2.24) is 15.1 Å². The van der Waals surface area contributed by atoms with Gasteiger partial charge in [0.15, 0.2) is 5.60 Å². The highest BCUT2D eigenvalue weighted by molar-refractivity contribution is 7.99. The van der Waals surface area contributed by atoms with Gasteiger partial charge in [-0.2, -0.15) is 16.9 Å². The number of hydrogen-bond donors (Lipinski definition) is 2. The molecule has 0 spiro atoms. The molecule has 1 unspecified atom stereocenters. The van der Waals surface area contributed by atoms with Crippen molar-refractivity contribution in [2.75, 3.05) is 11.5 Å². The van der Waals surface area contributed by atoms with Crippen LogP contribution in [0.15, 0.2) is 12.3 Å². The lowest BCUT2D eigenvalue weighted by Gasteiger charge is -2.19. The monoisotopic (exact) mass is 295 g/mol. The summed E-state index contributed by atoms with van der Waals surface area (Å²) in [5, 5.41) is 17.5. The molecule has 1 aromatic rings. The lowest BCUT2D eigenvalue weighted by Crippen LogP contribution is -2.46. The third-order valence-electron chi connectivity index (χ3n) is 4.22. The SMILES string of the molecule is O=C(NCc1ccn(C2CCCC2)n1)C1(O)CCSC1. The second-order valence-corrected chi connectivity index (χ2v) is 6.85. The van der Waals surface area contributed by atoms with E-state index < -0.39 is 5.60 Å². The van der Waals surface area contributed by atoms with E-state index in [0.29, 0.717) is 24.8 Å². The Morgan fingerprint density at radius 3 is 3.05 bits per heavy atom. The van der Waals surface area contributed by atoms with Crippen LogP contribution in [0.4, 0.5) is 0 Å². The number of carbonyl (C=O) groups excluding carboxylic acids is 1. The largest absolute Gasteiger partial charge is 0.379 e. The van der Waals surface area contributed by atoms with E-state index in [1.165, 1.54) is 25.7 Å². The highest BCUT2D eigenvalue weighted by Crippen LogP contribution is 2.29. The van der Waals surface area contributed by atoms with Gasteiger partial charge in [-0.05, 0) is 31.1 Å². The second kappa shape index (κ2) is 5.77. The summed E-state index contributed by atoms with van der Waals surface area (Å²) in [6.45, 7) is 0.394. The maximum Gasteiger partial charge on any atom is 0.253 e. The first-order valence-electron chi connectivity index (χ1n) is 7.30. The molecule has 1 aromatic heterocycles. The van der Waals surface area contributed by atoms with Crippen LogP contribution in [0.1, 0.15) is 43.8 Å². The number of nitrogens with one attached hydrogen (secondary N) is 1. The van der Waals surface area contributed by atoms with Crippen LogP contribution in [0.3, 0.4) is 0 Å². The Balaban J connectivity index is 1.54. The summed E-state index contributed by atoms with van der Waals surface area (Å²) >= 11 is 1.62. The minimum atomic E-state index is -1.18. The minimum Gasteiger partial charge on any atom is -0.379 e. The van der Waals surface area contributed by atoms with E-state index in [-0.39, 0.29) is 5.91 Å². The summed E-state index contributed by atoms with van der Waals surface area (Å²) in [7, 11) is 0. The summed E-state index contributed by atoms with van der Waals surface area (Å²) < 4.78 is 2.02. The first-order valence-corrected chi connectivity index (χ1v) is 8.45. The number of amides is 1. The Kier molecular flexibility index (Phi) is 4.03. The summed E-state index contributed by atoms with van der Waals surface area (Å²) in [4.78, 5) is 12.0. The Morgan fingerprint density at radius 2 is 2.35 bits per heavy atom. The molecule has 2 fully saturated rings. The van der Waals surface area contributed by atoms with Crippen molar-refractivity contribution < 1.29 is 9.90 Å². The van der Waals surface area contributed by atoms with E-state index >= 15 is 0 Å². The number of aromatic nitrogens is 2. The van der Waals surface area contributed by atoms with Gasteiger partial charge in [0.1, 0.15) is 0 Å². The summed E-state index contributed by atoms with van der Waals surface area (Å²) in [5.41, 5.74) is -0.321. The smallest absolute Gasteiger partial charge is 0.253 e. The van der Waals surface area contributed by atoms with Crippen molar-refractivity contribution in [2.45, 2.75) is 50.3 Å². The molecule has 1 aliphatic carbocycles. The number of rotatable bonds is 4.